The Balaban J connectivity index is 1.73. The standard InChI is InChI=1S/C22H27NO8/c1-12-11-14(29-22-19(26)17(24)18(25)20(31-22)21(27)28)7-8-15(12)30-16(9-10-23)13-5-3-2-4-6-13/h2-8,11,16-20,22,24-26H,9-10,23H2,1H3,(H,27,28)/t16-,17+,18+,19-,20+,22-/m1/s1. The molecule has 0 aromatic heterocycles. The van der Waals surface area contributed by atoms with Gasteiger partial charge in [-0.25, -0.2) is 4.79 Å². The van der Waals surface area contributed by atoms with Crippen LogP contribution < -0.4 is 15.2 Å². The van der Waals surface area contributed by atoms with Crippen LogP contribution in [0, 0.1) is 6.92 Å². The van der Waals surface area contributed by atoms with Crippen LogP contribution in [-0.2, 0) is 9.53 Å². The Bertz CT molecular complexity index is 877. The number of rotatable bonds is 8. The van der Waals surface area contributed by atoms with E-state index in [-0.39, 0.29) is 11.9 Å². The molecule has 0 aliphatic carbocycles. The molecule has 9 nitrogen and oxygen atoms in total. The maximum Gasteiger partial charge on any atom is 0.335 e. The minimum atomic E-state index is -1.78. The number of carboxylic acids is 1. The summed E-state index contributed by atoms with van der Waals surface area (Å²) in [6.07, 6.45) is -7.94. The van der Waals surface area contributed by atoms with Crippen LogP contribution in [0.2, 0.25) is 0 Å². The van der Waals surface area contributed by atoms with Gasteiger partial charge in [-0.1, -0.05) is 30.3 Å². The van der Waals surface area contributed by atoms with Crippen LogP contribution in [0.25, 0.3) is 0 Å². The molecule has 2 aromatic rings. The fraction of sp³-hybridized carbons (Fsp3) is 0.409. The largest absolute Gasteiger partial charge is 0.485 e. The molecule has 1 aliphatic rings. The molecular weight excluding hydrogens is 406 g/mol. The van der Waals surface area contributed by atoms with Crippen molar-refractivity contribution in [1.82, 2.24) is 0 Å². The zero-order chi connectivity index (χ0) is 22.5. The summed E-state index contributed by atoms with van der Waals surface area (Å²) < 4.78 is 16.9. The van der Waals surface area contributed by atoms with Crippen molar-refractivity contribution >= 4 is 5.97 Å². The average Bonchev–Trinajstić information content (AvgIpc) is 2.75. The van der Waals surface area contributed by atoms with E-state index >= 15 is 0 Å². The van der Waals surface area contributed by atoms with Crippen molar-refractivity contribution in [3.8, 4) is 11.5 Å². The van der Waals surface area contributed by atoms with Crippen molar-refractivity contribution in [1.29, 1.82) is 0 Å². The molecule has 3 rings (SSSR count). The van der Waals surface area contributed by atoms with Gasteiger partial charge in [0.15, 0.2) is 6.10 Å². The van der Waals surface area contributed by atoms with E-state index in [1.807, 2.05) is 37.3 Å². The summed E-state index contributed by atoms with van der Waals surface area (Å²) >= 11 is 0. The first kappa shape index (κ1) is 23.0. The number of aliphatic hydroxyl groups is 3. The minimum Gasteiger partial charge on any atom is -0.485 e. The van der Waals surface area contributed by atoms with Gasteiger partial charge in [-0.05, 0) is 42.8 Å². The number of hydrogen-bond acceptors (Lipinski definition) is 8. The fourth-order valence-electron chi connectivity index (χ4n) is 3.38. The highest BCUT2D eigenvalue weighted by Gasteiger charge is 2.48. The lowest BCUT2D eigenvalue weighted by molar-refractivity contribution is -0.271. The lowest BCUT2D eigenvalue weighted by Crippen LogP contribution is -2.61. The molecule has 0 saturated carbocycles. The maximum atomic E-state index is 11.2. The summed E-state index contributed by atoms with van der Waals surface area (Å²) in [7, 11) is 0. The first-order valence-electron chi connectivity index (χ1n) is 9.93. The van der Waals surface area contributed by atoms with Gasteiger partial charge < -0.3 is 40.4 Å². The van der Waals surface area contributed by atoms with Crippen LogP contribution in [-0.4, -0.2) is 63.6 Å². The topological polar surface area (TPSA) is 152 Å². The van der Waals surface area contributed by atoms with Crippen molar-refractivity contribution in [2.75, 3.05) is 6.54 Å². The zero-order valence-electron chi connectivity index (χ0n) is 17.0. The third kappa shape index (κ3) is 5.33. The molecule has 0 spiro atoms. The van der Waals surface area contributed by atoms with Crippen molar-refractivity contribution in [3.63, 3.8) is 0 Å². The SMILES string of the molecule is Cc1cc(O[C@@H]2O[C@H](C(=O)O)[C@@H](O)[C@H](O)[C@H]2O)ccc1O[C@H](CCN)c1ccccc1. The van der Waals surface area contributed by atoms with Gasteiger partial charge in [0.25, 0.3) is 0 Å². The molecule has 1 fully saturated rings. The van der Waals surface area contributed by atoms with E-state index in [2.05, 4.69) is 0 Å². The first-order chi connectivity index (χ1) is 14.8. The molecule has 9 heteroatoms. The van der Waals surface area contributed by atoms with E-state index in [1.165, 1.54) is 0 Å². The van der Waals surface area contributed by atoms with E-state index in [0.717, 1.165) is 11.1 Å². The van der Waals surface area contributed by atoms with Crippen molar-refractivity contribution in [3.05, 3.63) is 59.7 Å². The van der Waals surface area contributed by atoms with Crippen molar-refractivity contribution in [2.24, 2.45) is 5.73 Å². The average molecular weight is 433 g/mol. The Hall–Kier alpha value is -2.69. The Morgan fingerprint density at radius 1 is 1.10 bits per heavy atom. The summed E-state index contributed by atoms with van der Waals surface area (Å²) in [4.78, 5) is 11.2. The second-order valence-electron chi connectivity index (χ2n) is 7.37. The summed E-state index contributed by atoms with van der Waals surface area (Å²) in [5.41, 5.74) is 7.47. The molecule has 0 radical (unpaired) electrons. The van der Waals surface area contributed by atoms with Crippen molar-refractivity contribution in [2.45, 2.75) is 50.2 Å². The second kappa shape index (κ2) is 10.1. The zero-order valence-corrected chi connectivity index (χ0v) is 17.0. The number of ether oxygens (including phenoxy) is 3. The Morgan fingerprint density at radius 2 is 1.81 bits per heavy atom. The van der Waals surface area contributed by atoms with Crippen LogP contribution in [0.15, 0.2) is 48.5 Å². The number of aryl methyl sites for hydroxylation is 1. The summed E-state index contributed by atoms with van der Waals surface area (Å²) in [5.74, 6) is -0.589. The highest BCUT2D eigenvalue weighted by molar-refractivity contribution is 5.73. The van der Waals surface area contributed by atoms with Gasteiger partial charge in [-0.3, -0.25) is 0 Å². The number of nitrogens with two attached hydrogens (primary N) is 1. The Labute approximate surface area is 179 Å². The van der Waals surface area contributed by atoms with Crippen LogP contribution in [0.3, 0.4) is 0 Å². The number of aliphatic hydroxyl groups excluding tert-OH is 3. The highest BCUT2D eigenvalue weighted by atomic mass is 16.7. The Morgan fingerprint density at radius 3 is 2.42 bits per heavy atom. The lowest BCUT2D eigenvalue weighted by Gasteiger charge is -2.38. The molecule has 2 aromatic carbocycles. The van der Waals surface area contributed by atoms with E-state index in [9.17, 15) is 20.1 Å². The predicted molar refractivity (Wildman–Crippen MR) is 110 cm³/mol. The molecule has 0 unspecified atom stereocenters. The Kier molecular flexibility index (Phi) is 7.47. The molecule has 0 amide bonds. The lowest BCUT2D eigenvalue weighted by atomic mass is 9.99. The van der Waals surface area contributed by atoms with Crippen LogP contribution in [0.1, 0.15) is 23.7 Å². The van der Waals surface area contributed by atoms with Gasteiger partial charge in [0, 0.05) is 6.42 Å². The van der Waals surface area contributed by atoms with Gasteiger partial charge in [-0.2, -0.15) is 0 Å². The van der Waals surface area contributed by atoms with Crippen LogP contribution in [0.4, 0.5) is 0 Å². The molecule has 1 aliphatic heterocycles. The number of aliphatic carboxylic acids is 1. The third-order valence-electron chi connectivity index (χ3n) is 5.08. The fourth-order valence-corrected chi connectivity index (χ4v) is 3.38. The van der Waals surface area contributed by atoms with E-state index < -0.39 is 36.7 Å². The van der Waals surface area contributed by atoms with Gasteiger partial charge in [0.2, 0.25) is 6.29 Å². The highest BCUT2D eigenvalue weighted by Crippen LogP contribution is 2.31. The predicted octanol–water partition coefficient (Wildman–Crippen LogP) is 0.735. The molecule has 168 valence electrons. The van der Waals surface area contributed by atoms with Gasteiger partial charge >= 0.3 is 5.97 Å². The van der Waals surface area contributed by atoms with Gasteiger partial charge in [0.1, 0.15) is 35.9 Å². The van der Waals surface area contributed by atoms with E-state index in [4.69, 9.17) is 25.1 Å². The number of carbonyl (C=O) groups is 1. The number of hydrogen-bond donors (Lipinski definition) is 5. The summed E-state index contributed by atoms with van der Waals surface area (Å²) in [5, 5.41) is 38.9. The molecule has 1 saturated heterocycles. The van der Waals surface area contributed by atoms with E-state index in [1.54, 1.807) is 18.2 Å². The smallest absolute Gasteiger partial charge is 0.335 e. The van der Waals surface area contributed by atoms with Crippen molar-refractivity contribution < 1.29 is 39.4 Å². The third-order valence-corrected chi connectivity index (χ3v) is 5.08. The molecule has 6 N–H and O–H groups in total. The maximum absolute atomic E-state index is 11.2. The molecule has 1 heterocycles. The minimum absolute atomic E-state index is 0.229. The van der Waals surface area contributed by atoms with Gasteiger partial charge in [-0.15, -0.1) is 0 Å². The quantitative estimate of drug-likeness (QED) is 0.406. The summed E-state index contributed by atoms with van der Waals surface area (Å²) in [6, 6.07) is 14.6. The van der Waals surface area contributed by atoms with E-state index in [0.29, 0.717) is 18.7 Å². The molecule has 31 heavy (non-hydrogen) atoms. The summed E-state index contributed by atoms with van der Waals surface area (Å²) in [6.45, 7) is 2.26. The van der Waals surface area contributed by atoms with Crippen LogP contribution in [0.5, 0.6) is 11.5 Å². The second-order valence-corrected chi connectivity index (χ2v) is 7.37. The van der Waals surface area contributed by atoms with Gasteiger partial charge in [0.05, 0.1) is 0 Å². The molecular formula is C22H27NO8. The first-order valence-corrected chi connectivity index (χ1v) is 9.93. The number of carboxylic acid groups (broad SMARTS) is 1. The molecule has 0 bridgehead atoms. The normalized spacial score (nSPS) is 26.8. The molecule has 6 atom stereocenters. The monoisotopic (exact) mass is 433 g/mol. The number of benzene rings is 2. The van der Waals surface area contributed by atoms with Crippen LogP contribution >= 0.6 is 0 Å².